The normalized spacial score (nSPS) is 11.9. The molecule has 1 aromatic rings. The van der Waals surface area contributed by atoms with E-state index in [-0.39, 0.29) is 0 Å². The van der Waals surface area contributed by atoms with Gasteiger partial charge in [-0.2, -0.15) is 0 Å². The number of allylic oxidation sites excluding steroid dienone is 3. The molecule has 0 heteroatoms. The van der Waals surface area contributed by atoms with Crippen molar-refractivity contribution < 1.29 is 0 Å². The minimum atomic E-state index is 0.501. The quantitative estimate of drug-likeness (QED) is 0.617. The summed E-state index contributed by atoms with van der Waals surface area (Å²) in [7, 11) is 0. The maximum atomic E-state index is 4.13. The Kier molecular flexibility index (Phi) is 3.70. The molecule has 0 atom stereocenters. The van der Waals surface area contributed by atoms with Gasteiger partial charge in [-0.3, -0.25) is 0 Å². The van der Waals surface area contributed by atoms with Crippen LogP contribution in [0, 0.1) is 5.92 Å². The Balaban J connectivity index is 3.01. The van der Waals surface area contributed by atoms with Crippen molar-refractivity contribution in [2.45, 2.75) is 20.8 Å². The van der Waals surface area contributed by atoms with E-state index in [2.05, 4.69) is 57.7 Å². The van der Waals surface area contributed by atoms with E-state index in [0.29, 0.717) is 5.92 Å². The smallest absolute Gasteiger partial charge is 0.0185 e. The van der Waals surface area contributed by atoms with Crippen LogP contribution >= 0.6 is 0 Å². The van der Waals surface area contributed by atoms with Crippen LogP contribution in [0.1, 0.15) is 26.3 Å². The van der Waals surface area contributed by atoms with Gasteiger partial charge in [0.05, 0.1) is 0 Å². The predicted molar refractivity (Wildman–Crippen MR) is 64.1 cm³/mol. The molecule has 0 nitrogen and oxygen atoms in total. The van der Waals surface area contributed by atoms with Crippen LogP contribution in [0.15, 0.2) is 48.6 Å². The van der Waals surface area contributed by atoms with Gasteiger partial charge in [-0.15, -0.1) is 0 Å². The minimum absolute atomic E-state index is 0.501. The molecule has 0 aliphatic heterocycles. The Hall–Kier alpha value is -1.30. The lowest BCUT2D eigenvalue weighted by atomic mass is 9.91. The first-order valence-electron chi connectivity index (χ1n) is 5.07. The zero-order chi connectivity index (χ0) is 10.6. The fourth-order valence-corrected chi connectivity index (χ4v) is 1.47. The van der Waals surface area contributed by atoms with Gasteiger partial charge in [0, 0.05) is 0 Å². The Bertz CT molecular complexity index is 328. The molecule has 0 saturated carbocycles. The Labute approximate surface area is 87.0 Å². The first kappa shape index (κ1) is 10.8. The first-order valence-corrected chi connectivity index (χ1v) is 5.07. The molecule has 1 rings (SSSR count). The van der Waals surface area contributed by atoms with Crippen LogP contribution < -0.4 is 0 Å². The number of rotatable bonds is 3. The number of benzene rings is 1. The molecule has 0 amide bonds. The molecule has 1 aromatic carbocycles. The van der Waals surface area contributed by atoms with Gasteiger partial charge < -0.3 is 0 Å². The van der Waals surface area contributed by atoms with Gasteiger partial charge in [0.1, 0.15) is 0 Å². The molecule has 0 saturated heterocycles. The average Bonchev–Trinajstić information content (AvgIpc) is 2.20. The SMILES string of the molecule is C=C(/C(=C\C)c1ccccc1)C(C)C. The van der Waals surface area contributed by atoms with Crippen molar-refractivity contribution in [3.63, 3.8) is 0 Å². The number of hydrogen-bond donors (Lipinski definition) is 0. The van der Waals surface area contributed by atoms with E-state index in [0.717, 1.165) is 0 Å². The molecule has 0 radical (unpaired) electrons. The molecule has 0 N–H and O–H groups in total. The summed E-state index contributed by atoms with van der Waals surface area (Å²) in [5, 5.41) is 0. The summed E-state index contributed by atoms with van der Waals surface area (Å²) < 4.78 is 0. The van der Waals surface area contributed by atoms with E-state index < -0.39 is 0 Å². The van der Waals surface area contributed by atoms with E-state index in [9.17, 15) is 0 Å². The topological polar surface area (TPSA) is 0 Å². The highest BCUT2D eigenvalue weighted by Gasteiger charge is 2.07. The fourth-order valence-electron chi connectivity index (χ4n) is 1.47. The highest BCUT2D eigenvalue weighted by Crippen LogP contribution is 2.26. The van der Waals surface area contributed by atoms with Gasteiger partial charge in [-0.05, 0) is 29.6 Å². The van der Waals surface area contributed by atoms with Gasteiger partial charge >= 0.3 is 0 Å². The molecule has 0 aliphatic rings. The molecule has 0 unspecified atom stereocenters. The zero-order valence-corrected chi connectivity index (χ0v) is 9.25. The number of hydrogen-bond acceptors (Lipinski definition) is 0. The third kappa shape index (κ3) is 2.35. The van der Waals surface area contributed by atoms with Crippen LogP contribution in [0.4, 0.5) is 0 Å². The lowest BCUT2D eigenvalue weighted by Crippen LogP contribution is -1.95. The molecular weight excluding hydrogens is 168 g/mol. The predicted octanol–water partition coefficient (Wildman–Crippen LogP) is 4.30. The van der Waals surface area contributed by atoms with Crippen LogP contribution in [0.3, 0.4) is 0 Å². The van der Waals surface area contributed by atoms with Crippen molar-refractivity contribution in [1.82, 2.24) is 0 Å². The maximum Gasteiger partial charge on any atom is -0.0185 e. The molecule has 74 valence electrons. The van der Waals surface area contributed by atoms with Gasteiger partial charge in [0.2, 0.25) is 0 Å². The Morgan fingerprint density at radius 2 is 1.79 bits per heavy atom. The third-order valence-corrected chi connectivity index (χ3v) is 2.42. The summed E-state index contributed by atoms with van der Waals surface area (Å²) >= 11 is 0. The van der Waals surface area contributed by atoms with E-state index in [1.54, 1.807) is 0 Å². The van der Waals surface area contributed by atoms with Gasteiger partial charge in [0.25, 0.3) is 0 Å². The highest BCUT2D eigenvalue weighted by atomic mass is 14.1. The van der Waals surface area contributed by atoms with Gasteiger partial charge in [-0.25, -0.2) is 0 Å². The molecule has 0 spiro atoms. The summed E-state index contributed by atoms with van der Waals surface area (Å²) in [5.74, 6) is 0.501. The zero-order valence-electron chi connectivity index (χ0n) is 9.25. The monoisotopic (exact) mass is 186 g/mol. The Morgan fingerprint density at radius 3 is 2.21 bits per heavy atom. The second kappa shape index (κ2) is 4.80. The van der Waals surface area contributed by atoms with Crippen LogP contribution in [0.5, 0.6) is 0 Å². The minimum Gasteiger partial charge on any atom is -0.0950 e. The molecule has 0 aromatic heterocycles. The summed E-state index contributed by atoms with van der Waals surface area (Å²) in [6.07, 6.45) is 2.14. The average molecular weight is 186 g/mol. The summed E-state index contributed by atoms with van der Waals surface area (Å²) in [6.45, 7) is 10.5. The second-order valence-corrected chi connectivity index (χ2v) is 3.75. The lowest BCUT2D eigenvalue weighted by molar-refractivity contribution is 0.800. The molecular formula is C14H18. The second-order valence-electron chi connectivity index (χ2n) is 3.75. The highest BCUT2D eigenvalue weighted by molar-refractivity contribution is 5.78. The van der Waals surface area contributed by atoms with Crippen molar-refractivity contribution in [2.75, 3.05) is 0 Å². The van der Waals surface area contributed by atoms with Crippen molar-refractivity contribution in [1.29, 1.82) is 0 Å². The van der Waals surface area contributed by atoms with Gasteiger partial charge in [-0.1, -0.05) is 56.8 Å². The van der Waals surface area contributed by atoms with Gasteiger partial charge in [0.15, 0.2) is 0 Å². The summed E-state index contributed by atoms with van der Waals surface area (Å²) in [6, 6.07) is 10.4. The van der Waals surface area contributed by atoms with Crippen LogP contribution in [0.25, 0.3) is 5.57 Å². The standard InChI is InChI=1S/C14H18/c1-5-14(12(4)11(2)3)13-9-7-6-8-10-13/h5-11H,4H2,1-3H3/b14-5+. The Morgan fingerprint density at radius 1 is 1.21 bits per heavy atom. The van der Waals surface area contributed by atoms with E-state index in [1.165, 1.54) is 16.7 Å². The fraction of sp³-hybridized carbons (Fsp3) is 0.286. The van der Waals surface area contributed by atoms with Crippen molar-refractivity contribution in [3.05, 3.63) is 54.1 Å². The van der Waals surface area contributed by atoms with E-state index in [4.69, 9.17) is 0 Å². The molecule has 14 heavy (non-hydrogen) atoms. The van der Waals surface area contributed by atoms with E-state index in [1.807, 2.05) is 6.07 Å². The largest absolute Gasteiger partial charge is 0.0950 e. The van der Waals surface area contributed by atoms with Crippen LogP contribution in [-0.4, -0.2) is 0 Å². The summed E-state index contributed by atoms with van der Waals surface area (Å²) in [4.78, 5) is 0. The summed E-state index contributed by atoms with van der Waals surface area (Å²) in [5.41, 5.74) is 3.73. The third-order valence-electron chi connectivity index (χ3n) is 2.42. The van der Waals surface area contributed by atoms with Crippen molar-refractivity contribution in [2.24, 2.45) is 5.92 Å². The molecule has 0 bridgehead atoms. The van der Waals surface area contributed by atoms with Crippen LogP contribution in [-0.2, 0) is 0 Å². The lowest BCUT2D eigenvalue weighted by Gasteiger charge is -2.13. The maximum absolute atomic E-state index is 4.13. The van der Waals surface area contributed by atoms with Crippen molar-refractivity contribution in [3.8, 4) is 0 Å². The van der Waals surface area contributed by atoms with Crippen molar-refractivity contribution >= 4 is 5.57 Å². The molecule has 0 heterocycles. The van der Waals surface area contributed by atoms with Crippen LogP contribution in [0.2, 0.25) is 0 Å². The van der Waals surface area contributed by atoms with E-state index >= 15 is 0 Å². The molecule has 0 aliphatic carbocycles. The first-order chi connectivity index (χ1) is 6.66. The molecule has 0 fully saturated rings.